The fourth-order valence-corrected chi connectivity index (χ4v) is 4.57. The molecule has 0 spiro atoms. The number of hydrogen-bond donors (Lipinski definition) is 0. The maximum Gasteiger partial charge on any atom is 0.264 e. The number of sulfonamides is 1. The molecule has 0 saturated carbocycles. The van der Waals surface area contributed by atoms with E-state index in [4.69, 9.17) is 11.6 Å². The SMILES string of the molecule is O=S(=O)(c1ccccc1)N1CCC=C1CCc1cccc(Cl)c1. The van der Waals surface area contributed by atoms with Gasteiger partial charge in [-0.15, -0.1) is 0 Å². The van der Waals surface area contributed by atoms with E-state index in [1.807, 2.05) is 36.4 Å². The third-order valence-electron chi connectivity index (χ3n) is 3.92. The molecule has 0 bridgehead atoms. The summed E-state index contributed by atoms with van der Waals surface area (Å²) in [4.78, 5) is 0.343. The minimum absolute atomic E-state index is 0.343. The molecule has 120 valence electrons. The molecule has 1 aliphatic rings. The van der Waals surface area contributed by atoms with Crippen LogP contribution in [-0.2, 0) is 16.4 Å². The summed E-state index contributed by atoms with van der Waals surface area (Å²) in [7, 11) is -3.46. The number of halogens is 1. The monoisotopic (exact) mass is 347 g/mol. The summed E-state index contributed by atoms with van der Waals surface area (Å²) in [5.74, 6) is 0. The van der Waals surface area contributed by atoms with Gasteiger partial charge in [-0.25, -0.2) is 8.42 Å². The predicted molar refractivity (Wildman–Crippen MR) is 92.8 cm³/mol. The average Bonchev–Trinajstić information content (AvgIpc) is 3.03. The Morgan fingerprint density at radius 3 is 2.52 bits per heavy atom. The second-order valence-electron chi connectivity index (χ2n) is 5.50. The van der Waals surface area contributed by atoms with Gasteiger partial charge in [0.25, 0.3) is 10.0 Å². The average molecular weight is 348 g/mol. The highest BCUT2D eigenvalue weighted by Crippen LogP contribution is 2.28. The van der Waals surface area contributed by atoms with Crippen molar-refractivity contribution in [3.63, 3.8) is 0 Å². The van der Waals surface area contributed by atoms with Crippen LogP contribution in [0.2, 0.25) is 5.02 Å². The highest BCUT2D eigenvalue weighted by Gasteiger charge is 2.28. The third-order valence-corrected chi connectivity index (χ3v) is 6.02. The van der Waals surface area contributed by atoms with Crippen molar-refractivity contribution in [3.05, 3.63) is 77.0 Å². The van der Waals surface area contributed by atoms with Gasteiger partial charge in [0.2, 0.25) is 0 Å². The first-order valence-electron chi connectivity index (χ1n) is 7.58. The van der Waals surface area contributed by atoms with Crippen LogP contribution in [0.15, 0.2) is 71.3 Å². The smallest absolute Gasteiger partial charge is 0.264 e. The Balaban J connectivity index is 1.75. The quantitative estimate of drug-likeness (QED) is 0.810. The molecule has 5 heteroatoms. The molecule has 23 heavy (non-hydrogen) atoms. The van der Waals surface area contributed by atoms with Crippen LogP contribution in [-0.4, -0.2) is 19.3 Å². The van der Waals surface area contributed by atoms with Crippen LogP contribution in [0.5, 0.6) is 0 Å². The van der Waals surface area contributed by atoms with Crippen LogP contribution < -0.4 is 0 Å². The maximum atomic E-state index is 12.8. The minimum Gasteiger partial charge on any atom is -0.270 e. The molecular weight excluding hydrogens is 330 g/mol. The summed E-state index contributed by atoms with van der Waals surface area (Å²) >= 11 is 6.00. The predicted octanol–water partition coefficient (Wildman–Crippen LogP) is 4.25. The lowest BCUT2D eigenvalue weighted by Gasteiger charge is -2.22. The van der Waals surface area contributed by atoms with E-state index in [2.05, 4.69) is 0 Å². The van der Waals surface area contributed by atoms with Crippen molar-refractivity contribution in [2.24, 2.45) is 0 Å². The van der Waals surface area contributed by atoms with Gasteiger partial charge in [-0.05, 0) is 49.1 Å². The third kappa shape index (κ3) is 3.59. The van der Waals surface area contributed by atoms with Gasteiger partial charge >= 0.3 is 0 Å². The Morgan fingerprint density at radius 1 is 1.00 bits per heavy atom. The molecule has 3 rings (SSSR count). The second kappa shape index (κ2) is 6.77. The fourth-order valence-electron chi connectivity index (χ4n) is 2.78. The van der Waals surface area contributed by atoms with Crippen molar-refractivity contribution >= 4 is 21.6 Å². The van der Waals surface area contributed by atoms with Crippen LogP contribution in [0.1, 0.15) is 18.4 Å². The van der Waals surface area contributed by atoms with Crippen molar-refractivity contribution in [1.29, 1.82) is 0 Å². The zero-order chi connectivity index (χ0) is 16.3. The first kappa shape index (κ1) is 16.1. The normalized spacial score (nSPS) is 14.8. The molecule has 1 heterocycles. The number of allylic oxidation sites excluding steroid dienone is 1. The number of aryl methyl sites for hydroxylation is 1. The first-order chi connectivity index (χ1) is 11.1. The number of hydrogen-bond acceptors (Lipinski definition) is 2. The molecule has 2 aromatic rings. The van der Waals surface area contributed by atoms with E-state index >= 15 is 0 Å². The van der Waals surface area contributed by atoms with Gasteiger partial charge in [0.15, 0.2) is 0 Å². The van der Waals surface area contributed by atoms with E-state index in [9.17, 15) is 8.42 Å². The molecule has 0 radical (unpaired) electrons. The van der Waals surface area contributed by atoms with Crippen molar-refractivity contribution in [2.45, 2.75) is 24.2 Å². The molecule has 0 amide bonds. The van der Waals surface area contributed by atoms with E-state index in [0.29, 0.717) is 22.9 Å². The van der Waals surface area contributed by atoms with Gasteiger partial charge in [-0.1, -0.05) is 48.0 Å². The Bertz CT molecular complexity index is 816. The van der Waals surface area contributed by atoms with Gasteiger partial charge in [0, 0.05) is 17.3 Å². The number of rotatable bonds is 5. The molecule has 3 nitrogen and oxygen atoms in total. The summed E-state index contributed by atoms with van der Waals surface area (Å²) in [5, 5.41) is 0.705. The van der Waals surface area contributed by atoms with Crippen molar-refractivity contribution in [3.8, 4) is 0 Å². The Kier molecular flexibility index (Phi) is 4.74. The number of benzene rings is 2. The van der Waals surface area contributed by atoms with Crippen LogP contribution in [0, 0.1) is 0 Å². The van der Waals surface area contributed by atoms with E-state index in [-0.39, 0.29) is 0 Å². The Morgan fingerprint density at radius 2 is 1.78 bits per heavy atom. The molecule has 0 aliphatic carbocycles. The summed E-state index contributed by atoms with van der Waals surface area (Å²) < 4.78 is 27.1. The number of nitrogens with zero attached hydrogens (tertiary/aromatic N) is 1. The summed E-state index contributed by atoms with van der Waals surface area (Å²) in [6, 6.07) is 16.3. The van der Waals surface area contributed by atoms with Crippen LogP contribution in [0.4, 0.5) is 0 Å². The van der Waals surface area contributed by atoms with E-state index < -0.39 is 10.0 Å². The highest BCUT2D eigenvalue weighted by molar-refractivity contribution is 7.89. The van der Waals surface area contributed by atoms with Gasteiger partial charge in [-0.3, -0.25) is 4.31 Å². The lowest BCUT2D eigenvalue weighted by molar-refractivity contribution is 0.489. The molecule has 0 fully saturated rings. The van der Waals surface area contributed by atoms with Gasteiger partial charge < -0.3 is 0 Å². The van der Waals surface area contributed by atoms with Gasteiger partial charge in [-0.2, -0.15) is 0 Å². The van der Waals surface area contributed by atoms with Crippen LogP contribution in [0.3, 0.4) is 0 Å². The Labute approximate surface area is 142 Å². The highest BCUT2D eigenvalue weighted by atomic mass is 35.5. The lowest BCUT2D eigenvalue weighted by Crippen LogP contribution is -2.28. The summed E-state index contributed by atoms with van der Waals surface area (Å²) in [6.07, 6.45) is 4.24. The lowest BCUT2D eigenvalue weighted by atomic mass is 10.1. The molecule has 2 aromatic carbocycles. The minimum atomic E-state index is -3.46. The zero-order valence-electron chi connectivity index (χ0n) is 12.7. The van der Waals surface area contributed by atoms with Crippen LogP contribution >= 0.6 is 11.6 Å². The molecule has 1 aliphatic heterocycles. The van der Waals surface area contributed by atoms with Gasteiger partial charge in [0.1, 0.15) is 0 Å². The topological polar surface area (TPSA) is 37.4 Å². The standard InChI is InChI=1S/C18H18ClNO2S/c19-16-7-4-6-15(14-16)11-12-17-8-5-13-20(17)23(21,22)18-9-2-1-3-10-18/h1-4,6-10,14H,5,11-13H2. The first-order valence-corrected chi connectivity index (χ1v) is 9.40. The molecular formula is C18H18ClNO2S. The van der Waals surface area contributed by atoms with E-state index in [1.54, 1.807) is 24.3 Å². The zero-order valence-corrected chi connectivity index (χ0v) is 14.2. The summed E-state index contributed by atoms with van der Waals surface area (Å²) in [5.41, 5.74) is 1.98. The van der Waals surface area contributed by atoms with Gasteiger partial charge in [0.05, 0.1) is 4.90 Å². The molecule has 0 aromatic heterocycles. The largest absolute Gasteiger partial charge is 0.270 e. The van der Waals surface area contributed by atoms with Crippen LogP contribution in [0.25, 0.3) is 0 Å². The van der Waals surface area contributed by atoms with Crippen molar-refractivity contribution < 1.29 is 8.42 Å². The van der Waals surface area contributed by atoms with Crippen molar-refractivity contribution in [1.82, 2.24) is 4.31 Å². The molecule has 0 N–H and O–H groups in total. The maximum absolute atomic E-state index is 12.8. The van der Waals surface area contributed by atoms with E-state index in [0.717, 1.165) is 24.1 Å². The Hall–Kier alpha value is -1.78. The second-order valence-corrected chi connectivity index (χ2v) is 7.80. The van der Waals surface area contributed by atoms with Crippen molar-refractivity contribution in [2.75, 3.05) is 6.54 Å². The molecule has 0 unspecified atom stereocenters. The molecule has 0 saturated heterocycles. The molecule has 0 atom stereocenters. The summed E-state index contributed by atoms with van der Waals surface area (Å²) in [6.45, 7) is 0.516. The fraction of sp³-hybridized carbons (Fsp3) is 0.222. The van der Waals surface area contributed by atoms with E-state index in [1.165, 1.54) is 4.31 Å².